The Balaban J connectivity index is 2.20. The molecular formula is C14H20N2O. The molecule has 3 N–H and O–H groups in total. The van der Waals surface area contributed by atoms with Crippen LogP contribution in [0.3, 0.4) is 0 Å². The van der Waals surface area contributed by atoms with Crippen LogP contribution in [0.25, 0.3) is 0 Å². The summed E-state index contributed by atoms with van der Waals surface area (Å²) in [6, 6.07) is 8.19. The van der Waals surface area contributed by atoms with Crippen molar-refractivity contribution in [1.29, 1.82) is 0 Å². The van der Waals surface area contributed by atoms with Crippen molar-refractivity contribution in [3.05, 3.63) is 35.4 Å². The van der Waals surface area contributed by atoms with Gasteiger partial charge in [-0.2, -0.15) is 0 Å². The summed E-state index contributed by atoms with van der Waals surface area (Å²) in [6.07, 6.45) is 1.43. The minimum atomic E-state index is -0.575. The van der Waals surface area contributed by atoms with Gasteiger partial charge in [-0.05, 0) is 23.6 Å². The molecule has 0 aliphatic heterocycles. The Kier molecular flexibility index (Phi) is 3.20. The molecule has 0 aromatic heterocycles. The first-order valence-electron chi connectivity index (χ1n) is 6.15. The molecule has 0 bridgehead atoms. The topological polar surface area (TPSA) is 55.1 Å². The van der Waals surface area contributed by atoms with Crippen LogP contribution in [0.15, 0.2) is 24.3 Å². The lowest BCUT2D eigenvalue weighted by atomic mass is 9.94. The molecule has 0 fully saturated rings. The van der Waals surface area contributed by atoms with E-state index in [-0.39, 0.29) is 5.91 Å². The highest BCUT2D eigenvalue weighted by atomic mass is 16.1. The summed E-state index contributed by atoms with van der Waals surface area (Å²) in [5, 5.41) is 3.37. The van der Waals surface area contributed by atoms with E-state index < -0.39 is 5.54 Å². The molecule has 0 radical (unpaired) electrons. The van der Waals surface area contributed by atoms with E-state index in [1.54, 1.807) is 0 Å². The largest absolute Gasteiger partial charge is 0.368 e. The number of fused-ring (bicyclic) bond motifs is 1. The van der Waals surface area contributed by atoms with Gasteiger partial charge >= 0.3 is 0 Å². The molecule has 1 aliphatic carbocycles. The van der Waals surface area contributed by atoms with Crippen LogP contribution in [-0.2, 0) is 17.6 Å². The Labute approximate surface area is 102 Å². The van der Waals surface area contributed by atoms with Gasteiger partial charge in [-0.15, -0.1) is 0 Å². The minimum absolute atomic E-state index is 0.241. The second-order valence-electron chi connectivity index (χ2n) is 5.34. The Bertz CT molecular complexity index is 401. The van der Waals surface area contributed by atoms with Crippen molar-refractivity contribution >= 4 is 5.91 Å². The van der Waals surface area contributed by atoms with Crippen LogP contribution in [0.5, 0.6) is 0 Å². The Morgan fingerprint density at radius 3 is 2.29 bits per heavy atom. The van der Waals surface area contributed by atoms with E-state index in [2.05, 4.69) is 31.3 Å². The molecule has 1 aromatic rings. The van der Waals surface area contributed by atoms with Crippen LogP contribution in [-0.4, -0.2) is 18.0 Å². The molecule has 0 saturated carbocycles. The van der Waals surface area contributed by atoms with Crippen LogP contribution in [0.4, 0.5) is 0 Å². The third kappa shape index (κ3) is 2.34. The summed E-state index contributed by atoms with van der Waals surface area (Å²) in [7, 11) is 0. The number of primary amides is 1. The van der Waals surface area contributed by atoms with Gasteiger partial charge in [-0.3, -0.25) is 4.79 Å². The lowest BCUT2D eigenvalue weighted by Crippen LogP contribution is -2.57. The number of carbonyl (C=O) groups excluding carboxylic acids is 1. The Morgan fingerprint density at radius 1 is 1.35 bits per heavy atom. The maximum Gasteiger partial charge on any atom is 0.238 e. The third-order valence-corrected chi connectivity index (χ3v) is 3.42. The molecule has 1 aliphatic rings. The summed E-state index contributed by atoms with van der Waals surface area (Å²) in [6.45, 7) is 5.07. The molecule has 3 heteroatoms. The minimum Gasteiger partial charge on any atom is -0.368 e. The number of carbonyl (C=O) groups is 1. The van der Waals surface area contributed by atoms with E-state index in [0.29, 0.717) is 18.8 Å². The highest BCUT2D eigenvalue weighted by Gasteiger charge is 2.41. The number of hydrogen-bond donors (Lipinski definition) is 2. The van der Waals surface area contributed by atoms with E-state index >= 15 is 0 Å². The number of hydrogen-bond acceptors (Lipinski definition) is 2. The first-order chi connectivity index (χ1) is 8.03. The molecule has 0 spiro atoms. The first kappa shape index (κ1) is 12.1. The summed E-state index contributed by atoms with van der Waals surface area (Å²) in [5.41, 5.74) is 7.50. The van der Waals surface area contributed by atoms with E-state index in [0.717, 1.165) is 6.54 Å². The number of nitrogens with one attached hydrogen (secondary N) is 1. The van der Waals surface area contributed by atoms with Gasteiger partial charge in [0.1, 0.15) is 5.54 Å². The van der Waals surface area contributed by atoms with E-state index in [1.807, 2.05) is 12.1 Å². The third-order valence-electron chi connectivity index (χ3n) is 3.42. The van der Waals surface area contributed by atoms with Crippen molar-refractivity contribution in [1.82, 2.24) is 5.32 Å². The zero-order valence-corrected chi connectivity index (χ0v) is 10.5. The van der Waals surface area contributed by atoms with Gasteiger partial charge < -0.3 is 11.1 Å². The van der Waals surface area contributed by atoms with Gasteiger partial charge in [-0.25, -0.2) is 0 Å². The van der Waals surface area contributed by atoms with Crippen LogP contribution in [0.2, 0.25) is 0 Å². The van der Waals surface area contributed by atoms with Crippen molar-refractivity contribution < 1.29 is 4.79 Å². The zero-order valence-electron chi connectivity index (χ0n) is 10.5. The molecule has 0 unspecified atom stereocenters. The van der Waals surface area contributed by atoms with E-state index in [1.165, 1.54) is 11.1 Å². The fraction of sp³-hybridized carbons (Fsp3) is 0.500. The van der Waals surface area contributed by atoms with Gasteiger partial charge in [0.05, 0.1) is 0 Å². The fourth-order valence-electron chi connectivity index (χ4n) is 2.40. The monoisotopic (exact) mass is 232 g/mol. The van der Waals surface area contributed by atoms with Crippen molar-refractivity contribution in [2.45, 2.75) is 32.2 Å². The summed E-state index contributed by atoms with van der Waals surface area (Å²) in [4.78, 5) is 11.8. The molecule has 0 heterocycles. The first-order valence-corrected chi connectivity index (χ1v) is 6.15. The van der Waals surface area contributed by atoms with Gasteiger partial charge in [0.2, 0.25) is 5.91 Å². The fourth-order valence-corrected chi connectivity index (χ4v) is 2.40. The molecule has 2 rings (SSSR count). The highest BCUT2D eigenvalue weighted by Crippen LogP contribution is 2.30. The number of benzene rings is 1. The molecule has 0 saturated heterocycles. The van der Waals surface area contributed by atoms with Crippen LogP contribution >= 0.6 is 0 Å². The second kappa shape index (κ2) is 4.49. The quantitative estimate of drug-likeness (QED) is 0.821. The average molecular weight is 232 g/mol. The standard InChI is InChI=1S/C14H20N2O/c1-10(2)9-16-14(13(15)17)7-11-5-3-4-6-12(11)8-14/h3-6,10,16H,7-9H2,1-2H3,(H2,15,17). The van der Waals surface area contributed by atoms with Gasteiger partial charge in [0, 0.05) is 12.8 Å². The highest BCUT2D eigenvalue weighted by molar-refractivity contribution is 5.86. The Hall–Kier alpha value is -1.35. The average Bonchev–Trinajstić information content (AvgIpc) is 2.66. The SMILES string of the molecule is CC(C)CNC1(C(N)=O)Cc2ccccc2C1. The number of nitrogens with two attached hydrogens (primary N) is 1. The summed E-state index contributed by atoms with van der Waals surface area (Å²) < 4.78 is 0. The van der Waals surface area contributed by atoms with Crippen LogP contribution in [0.1, 0.15) is 25.0 Å². The van der Waals surface area contributed by atoms with Crippen molar-refractivity contribution in [3.63, 3.8) is 0 Å². The molecule has 3 nitrogen and oxygen atoms in total. The number of rotatable bonds is 4. The van der Waals surface area contributed by atoms with Gasteiger partial charge in [0.15, 0.2) is 0 Å². The molecular weight excluding hydrogens is 212 g/mol. The smallest absolute Gasteiger partial charge is 0.238 e. The maximum absolute atomic E-state index is 11.8. The van der Waals surface area contributed by atoms with Gasteiger partial charge in [-0.1, -0.05) is 38.1 Å². The lowest BCUT2D eigenvalue weighted by molar-refractivity contribution is -0.124. The predicted octanol–water partition coefficient (Wildman–Crippen LogP) is 1.25. The van der Waals surface area contributed by atoms with E-state index in [9.17, 15) is 4.79 Å². The zero-order chi connectivity index (χ0) is 12.5. The summed E-state index contributed by atoms with van der Waals surface area (Å²) >= 11 is 0. The second-order valence-corrected chi connectivity index (χ2v) is 5.34. The maximum atomic E-state index is 11.8. The molecule has 0 atom stereocenters. The van der Waals surface area contributed by atoms with Crippen molar-refractivity contribution in [2.24, 2.45) is 11.7 Å². The predicted molar refractivity (Wildman–Crippen MR) is 68.6 cm³/mol. The normalized spacial score (nSPS) is 17.1. The van der Waals surface area contributed by atoms with E-state index in [4.69, 9.17) is 5.73 Å². The molecule has 17 heavy (non-hydrogen) atoms. The molecule has 1 amide bonds. The van der Waals surface area contributed by atoms with Crippen molar-refractivity contribution in [2.75, 3.05) is 6.54 Å². The van der Waals surface area contributed by atoms with Crippen LogP contribution in [0, 0.1) is 5.92 Å². The van der Waals surface area contributed by atoms with Crippen LogP contribution < -0.4 is 11.1 Å². The Morgan fingerprint density at radius 2 is 1.88 bits per heavy atom. The summed E-state index contributed by atoms with van der Waals surface area (Å²) in [5.74, 6) is 0.268. The molecule has 1 aromatic carbocycles. The molecule has 92 valence electrons. The van der Waals surface area contributed by atoms with Gasteiger partial charge in [0.25, 0.3) is 0 Å². The lowest BCUT2D eigenvalue weighted by Gasteiger charge is -2.27. The van der Waals surface area contributed by atoms with Crippen molar-refractivity contribution in [3.8, 4) is 0 Å². The number of amides is 1.